The number of Topliss-reactive ketones (excluding diaryl/α,β-unsaturated/α-hetero) is 1. The van der Waals surface area contributed by atoms with Crippen LogP contribution in [0.5, 0.6) is 0 Å². The number of rotatable bonds is 6. The van der Waals surface area contributed by atoms with Gasteiger partial charge in [0.2, 0.25) is 0 Å². The number of pyridine rings is 2. The normalized spacial score (nSPS) is 13.7. The summed E-state index contributed by atoms with van der Waals surface area (Å²) in [5.74, 6) is 0.430. The van der Waals surface area contributed by atoms with Crippen LogP contribution in [0.15, 0.2) is 59.7 Å². The van der Waals surface area contributed by atoms with E-state index in [4.69, 9.17) is 4.99 Å². The van der Waals surface area contributed by atoms with E-state index >= 15 is 0 Å². The number of aromatic nitrogens is 2. The van der Waals surface area contributed by atoms with E-state index in [0.717, 1.165) is 39.5 Å². The van der Waals surface area contributed by atoms with Crippen LogP contribution >= 0.6 is 0 Å². The highest BCUT2D eigenvalue weighted by Gasteiger charge is 2.20. The van der Waals surface area contributed by atoms with Crippen LogP contribution in [0.3, 0.4) is 0 Å². The number of hydrogen-bond donors (Lipinski definition) is 0. The molecule has 146 valence electrons. The Bertz CT molecular complexity index is 1070. The summed E-state index contributed by atoms with van der Waals surface area (Å²) in [6.07, 6.45) is 2.77. The molecule has 1 aliphatic heterocycles. The van der Waals surface area contributed by atoms with E-state index in [2.05, 4.69) is 41.2 Å². The number of nitrogens with zero attached hydrogens (tertiary/aromatic N) is 3. The summed E-state index contributed by atoms with van der Waals surface area (Å²) in [4.78, 5) is 26.3. The van der Waals surface area contributed by atoms with Crippen molar-refractivity contribution in [1.29, 1.82) is 0 Å². The van der Waals surface area contributed by atoms with Crippen molar-refractivity contribution >= 4 is 11.5 Å². The van der Waals surface area contributed by atoms with Crippen LogP contribution < -0.4 is 0 Å². The van der Waals surface area contributed by atoms with Crippen LogP contribution in [0.25, 0.3) is 0 Å². The molecule has 0 spiro atoms. The minimum absolute atomic E-state index is 0.214. The first-order valence-corrected chi connectivity index (χ1v) is 10.0. The summed E-state index contributed by atoms with van der Waals surface area (Å²) in [6, 6.07) is 16.3. The summed E-state index contributed by atoms with van der Waals surface area (Å²) in [7, 11) is 0. The summed E-state index contributed by atoms with van der Waals surface area (Å²) >= 11 is 0. The Morgan fingerprint density at radius 2 is 1.79 bits per heavy atom. The number of benzene rings is 1. The summed E-state index contributed by atoms with van der Waals surface area (Å²) < 4.78 is 0. The van der Waals surface area contributed by atoms with E-state index in [9.17, 15) is 4.79 Å². The van der Waals surface area contributed by atoms with Crippen molar-refractivity contribution in [2.75, 3.05) is 0 Å². The van der Waals surface area contributed by atoms with Gasteiger partial charge in [0.05, 0.1) is 12.3 Å². The van der Waals surface area contributed by atoms with Gasteiger partial charge in [-0.1, -0.05) is 37.3 Å². The Labute approximate surface area is 171 Å². The van der Waals surface area contributed by atoms with E-state index in [-0.39, 0.29) is 11.7 Å². The van der Waals surface area contributed by atoms with Crippen molar-refractivity contribution in [3.63, 3.8) is 0 Å². The molecule has 1 aromatic carbocycles. The number of carbonyl (C=O) groups is 1. The molecule has 0 bridgehead atoms. The third-order valence-electron chi connectivity index (χ3n) is 5.34. The number of carbonyl (C=O) groups excluding carboxylic acids is 1. The van der Waals surface area contributed by atoms with Gasteiger partial charge in [0.15, 0.2) is 0 Å². The Morgan fingerprint density at radius 3 is 2.52 bits per heavy atom. The van der Waals surface area contributed by atoms with E-state index < -0.39 is 0 Å². The first-order chi connectivity index (χ1) is 14.0. The zero-order valence-corrected chi connectivity index (χ0v) is 17.1. The van der Waals surface area contributed by atoms with Crippen molar-refractivity contribution < 1.29 is 4.79 Å². The SMILES string of the molecule is Cc1cc(C2=NCc3cc(CC(=O)C[C@H](C)c4ccccc4)ncc32)cc(C)n1. The van der Waals surface area contributed by atoms with Crippen LogP contribution in [0.2, 0.25) is 0 Å². The highest BCUT2D eigenvalue weighted by Crippen LogP contribution is 2.25. The molecule has 4 nitrogen and oxygen atoms in total. The fraction of sp³-hybridized carbons (Fsp3) is 0.280. The fourth-order valence-corrected chi connectivity index (χ4v) is 3.97. The van der Waals surface area contributed by atoms with Gasteiger partial charge in [-0.05, 0) is 49.1 Å². The first-order valence-electron chi connectivity index (χ1n) is 10.0. The van der Waals surface area contributed by atoms with Crippen LogP contribution in [-0.4, -0.2) is 21.5 Å². The Hall–Kier alpha value is -3.14. The Balaban J connectivity index is 1.46. The lowest BCUT2D eigenvalue weighted by molar-refractivity contribution is -0.118. The highest BCUT2D eigenvalue weighted by molar-refractivity contribution is 6.15. The molecule has 0 saturated carbocycles. The monoisotopic (exact) mass is 383 g/mol. The third-order valence-corrected chi connectivity index (χ3v) is 5.34. The quantitative estimate of drug-likeness (QED) is 0.617. The molecule has 3 aromatic rings. The molecule has 0 unspecified atom stereocenters. The smallest absolute Gasteiger partial charge is 0.139 e. The van der Waals surface area contributed by atoms with Gasteiger partial charge >= 0.3 is 0 Å². The van der Waals surface area contributed by atoms with Gasteiger partial charge in [0, 0.05) is 47.2 Å². The maximum Gasteiger partial charge on any atom is 0.139 e. The maximum atomic E-state index is 12.6. The molecule has 0 fully saturated rings. The zero-order valence-electron chi connectivity index (χ0n) is 17.1. The largest absolute Gasteiger partial charge is 0.299 e. The second-order valence-corrected chi connectivity index (χ2v) is 7.87. The van der Waals surface area contributed by atoms with Crippen molar-refractivity contribution in [3.8, 4) is 0 Å². The number of fused-ring (bicyclic) bond motifs is 1. The molecule has 29 heavy (non-hydrogen) atoms. The van der Waals surface area contributed by atoms with E-state index in [1.165, 1.54) is 5.56 Å². The Morgan fingerprint density at radius 1 is 1.07 bits per heavy atom. The molecule has 4 rings (SSSR count). The zero-order chi connectivity index (χ0) is 20.4. The molecular weight excluding hydrogens is 358 g/mol. The molecule has 1 aliphatic rings. The first kappa shape index (κ1) is 19.2. The summed E-state index contributed by atoms with van der Waals surface area (Å²) in [6.45, 7) is 6.73. The highest BCUT2D eigenvalue weighted by atomic mass is 16.1. The number of hydrogen-bond acceptors (Lipinski definition) is 4. The van der Waals surface area contributed by atoms with Crippen LogP contribution in [0, 0.1) is 13.8 Å². The fourth-order valence-electron chi connectivity index (χ4n) is 3.97. The van der Waals surface area contributed by atoms with Crippen molar-refractivity contribution in [3.05, 3.63) is 94.1 Å². The number of ketones is 1. The summed E-state index contributed by atoms with van der Waals surface area (Å²) in [5, 5.41) is 0. The van der Waals surface area contributed by atoms with Gasteiger partial charge in [0.1, 0.15) is 5.78 Å². The number of aliphatic imine (C=N–C) groups is 1. The van der Waals surface area contributed by atoms with Crippen molar-refractivity contribution in [1.82, 2.24) is 9.97 Å². The lowest BCUT2D eigenvalue weighted by Crippen LogP contribution is -2.10. The van der Waals surface area contributed by atoms with E-state index in [1.807, 2.05) is 44.3 Å². The van der Waals surface area contributed by atoms with E-state index in [0.29, 0.717) is 19.4 Å². The molecule has 0 N–H and O–H groups in total. The average molecular weight is 383 g/mol. The lowest BCUT2D eigenvalue weighted by atomic mass is 9.94. The third kappa shape index (κ3) is 4.32. The predicted molar refractivity (Wildman–Crippen MR) is 115 cm³/mol. The molecule has 0 saturated heterocycles. The van der Waals surface area contributed by atoms with Gasteiger partial charge < -0.3 is 0 Å². The molecule has 1 atom stereocenters. The minimum Gasteiger partial charge on any atom is -0.299 e. The van der Waals surface area contributed by atoms with Crippen molar-refractivity contribution in [2.24, 2.45) is 4.99 Å². The second-order valence-electron chi connectivity index (χ2n) is 7.87. The van der Waals surface area contributed by atoms with Gasteiger partial charge in [0.25, 0.3) is 0 Å². The van der Waals surface area contributed by atoms with Crippen molar-refractivity contribution in [2.45, 2.75) is 46.1 Å². The molecular formula is C25H25N3O. The molecule has 0 radical (unpaired) electrons. The second kappa shape index (κ2) is 8.08. The van der Waals surface area contributed by atoms with Gasteiger partial charge in [-0.15, -0.1) is 0 Å². The molecule has 0 amide bonds. The van der Waals surface area contributed by atoms with Gasteiger partial charge in [-0.25, -0.2) is 0 Å². The molecule has 4 heteroatoms. The Kier molecular flexibility index (Phi) is 5.34. The standard InChI is InChI=1S/C25H25N3O/c1-16(19-7-5-4-6-8-19)9-23(29)13-22-12-21-14-27-25(24(21)15-26-22)20-10-17(2)28-18(3)11-20/h4-8,10-12,15-16H,9,13-14H2,1-3H3/t16-/m0/s1. The van der Waals surface area contributed by atoms with Gasteiger partial charge in [-0.2, -0.15) is 0 Å². The van der Waals surface area contributed by atoms with Crippen LogP contribution in [0.1, 0.15) is 58.6 Å². The molecule has 0 aliphatic carbocycles. The molecule has 2 aromatic heterocycles. The minimum atomic E-state index is 0.214. The van der Waals surface area contributed by atoms with Crippen LogP contribution in [0.4, 0.5) is 0 Å². The van der Waals surface area contributed by atoms with E-state index in [1.54, 1.807) is 0 Å². The predicted octanol–water partition coefficient (Wildman–Crippen LogP) is 4.75. The maximum absolute atomic E-state index is 12.6. The van der Waals surface area contributed by atoms with Crippen LogP contribution in [-0.2, 0) is 17.8 Å². The lowest BCUT2D eigenvalue weighted by Gasteiger charge is -2.11. The van der Waals surface area contributed by atoms with Gasteiger partial charge in [-0.3, -0.25) is 19.8 Å². The number of aryl methyl sites for hydroxylation is 2. The average Bonchev–Trinajstić information content (AvgIpc) is 3.11. The topological polar surface area (TPSA) is 55.2 Å². The molecule has 3 heterocycles. The summed E-state index contributed by atoms with van der Waals surface area (Å²) in [5.41, 5.74) is 8.24.